The average Bonchev–Trinajstić information content (AvgIpc) is 2.34. The van der Waals surface area contributed by atoms with Gasteiger partial charge in [-0.15, -0.1) is 0 Å². The van der Waals surface area contributed by atoms with Crippen LogP contribution in [-0.2, 0) is 0 Å². The van der Waals surface area contributed by atoms with Gasteiger partial charge in [-0.1, -0.05) is 48.5 Å². The predicted molar refractivity (Wildman–Crippen MR) is 75.3 cm³/mol. The molecule has 0 spiro atoms. The van der Waals surface area contributed by atoms with E-state index in [4.69, 9.17) is 11.5 Å². The number of benzene rings is 2. The highest BCUT2D eigenvalue weighted by Crippen LogP contribution is 2.27. The van der Waals surface area contributed by atoms with Gasteiger partial charge in [0.05, 0.1) is 11.4 Å². The average molecular weight is 224 g/mol. The number of anilines is 2. The molecule has 2 nitrogen and oxygen atoms in total. The van der Waals surface area contributed by atoms with Crippen LogP contribution in [0.4, 0.5) is 11.4 Å². The Balaban J connectivity index is 2.41. The predicted octanol–water partition coefficient (Wildman–Crippen LogP) is 3.41. The number of nitrogens with two attached hydrogens (primary N) is 2. The van der Waals surface area contributed by atoms with E-state index in [0.29, 0.717) is 11.4 Å². The first-order chi connectivity index (χ1) is 8.18. The fourth-order valence-electron chi connectivity index (χ4n) is 1.80. The van der Waals surface area contributed by atoms with Crippen LogP contribution in [-0.4, -0.2) is 0 Å². The number of hydrogen-bond acceptors (Lipinski definition) is 2. The fourth-order valence-corrected chi connectivity index (χ4v) is 1.80. The van der Waals surface area contributed by atoms with Gasteiger partial charge in [0, 0.05) is 5.56 Å². The summed E-state index contributed by atoms with van der Waals surface area (Å²) in [5.41, 5.74) is 16.3. The molecule has 2 heteroatoms. The molecule has 0 fully saturated rings. The van der Waals surface area contributed by atoms with Crippen LogP contribution in [0.25, 0.3) is 11.6 Å². The van der Waals surface area contributed by atoms with Crippen molar-refractivity contribution >= 4 is 23.0 Å². The highest BCUT2D eigenvalue weighted by Gasteiger charge is 2.03. The van der Waals surface area contributed by atoms with Gasteiger partial charge in [-0.05, 0) is 24.1 Å². The maximum atomic E-state index is 5.97. The van der Waals surface area contributed by atoms with Crippen molar-refractivity contribution in [3.8, 4) is 0 Å². The minimum Gasteiger partial charge on any atom is -0.397 e. The number of nitrogen functional groups attached to an aromatic ring is 2. The van der Waals surface area contributed by atoms with Crippen molar-refractivity contribution in [1.82, 2.24) is 0 Å². The van der Waals surface area contributed by atoms with Crippen molar-refractivity contribution in [2.75, 3.05) is 11.5 Å². The first-order valence-corrected chi connectivity index (χ1v) is 5.56. The Morgan fingerprint density at radius 3 is 2.35 bits per heavy atom. The lowest BCUT2D eigenvalue weighted by Crippen LogP contribution is -1.98. The van der Waals surface area contributed by atoms with Crippen molar-refractivity contribution < 1.29 is 0 Å². The Hall–Kier alpha value is -2.22. The van der Waals surface area contributed by atoms with E-state index in [1.54, 1.807) is 0 Å². The summed E-state index contributed by atoms with van der Waals surface area (Å²) >= 11 is 0. The van der Waals surface area contributed by atoms with Crippen molar-refractivity contribution in [1.29, 1.82) is 0 Å². The van der Waals surface area contributed by atoms with Gasteiger partial charge in [0.25, 0.3) is 0 Å². The highest BCUT2D eigenvalue weighted by molar-refractivity contribution is 5.88. The van der Waals surface area contributed by atoms with Gasteiger partial charge in [-0.25, -0.2) is 0 Å². The second kappa shape index (κ2) is 4.74. The molecule has 2 rings (SSSR count). The number of allylic oxidation sites excluding steroid dienone is 1. The monoisotopic (exact) mass is 224 g/mol. The molecule has 0 bridgehead atoms. The quantitative estimate of drug-likeness (QED) is 0.606. The lowest BCUT2D eigenvalue weighted by molar-refractivity contribution is 1.56. The molecule has 0 amide bonds. The van der Waals surface area contributed by atoms with Crippen LogP contribution in [0.3, 0.4) is 0 Å². The smallest absolute Gasteiger partial charge is 0.0624 e. The van der Waals surface area contributed by atoms with Crippen LogP contribution in [0.2, 0.25) is 0 Å². The molecular formula is C15H16N2. The van der Waals surface area contributed by atoms with Crippen LogP contribution >= 0.6 is 0 Å². The van der Waals surface area contributed by atoms with Crippen molar-refractivity contribution in [2.45, 2.75) is 6.92 Å². The summed E-state index contributed by atoms with van der Waals surface area (Å²) in [5.74, 6) is 0. The van der Waals surface area contributed by atoms with E-state index in [-0.39, 0.29) is 0 Å². The lowest BCUT2D eigenvalue weighted by atomic mass is 10.0. The SMILES string of the molecule is CC(=Cc1ccccc1)c1cccc(N)c1N. The van der Waals surface area contributed by atoms with Gasteiger partial charge >= 0.3 is 0 Å². The third-order valence-electron chi connectivity index (χ3n) is 2.75. The van der Waals surface area contributed by atoms with Crippen molar-refractivity contribution in [2.24, 2.45) is 0 Å². The Morgan fingerprint density at radius 1 is 0.941 bits per heavy atom. The topological polar surface area (TPSA) is 52.0 Å². The number of rotatable bonds is 2. The van der Waals surface area contributed by atoms with Crippen LogP contribution in [0.1, 0.15) is 18.1 Å². The molecule has 0 saturated heterocycles. The highest BCUT2D eigenvalue weighted by atomic mass is 14.7. The van der Waals surface area contributed by atoms with Crippen molar-refractivity contribution in [3.63, 3.8) is 0 Å². The summed E-state index contributed by atoms with van der Waals surface area (Å²) in [6.07, 6.45) is 2.10. The lowest BCUT2D eigenvalue weighted by Gasteiger charge is -2.08. The maximum absolute atomic E-state index is 5.97. The molecule has 2 aromatic carbocycles. The first kappa shape index (κ1) is 11.3. The van der Waals surface area contributed by atoms with E-state index in [1.807, 2.05) is 43.3 Å². The van der Waals surface area contributed by atoms with E-state index < -0.39 is 0 Å². The molecule has 0 heterocycles. The van der Waals surface area contributed by atoms with Gasteiger partial charge < -0.3 is 11.5 Å². The molecule has 0 saturated carbocycles. The molecule has 0 radical (unpaired) electrons. The van der Waals surface area contributed by atoms with Crippen LogP contribution in [0, 0.1) is 0 Å². The van der Waals surface area contributed by atoms with Gasteiger partial charge in [-0.3, -0.25) is 0 Å². The molecule has 86 valence electrons. The second-order valence-corrected chi connectivity index (χ2v) is 4.05. The summed E-state index contributed by atoms with van der Waals surface area (Å²) in [4.78, 5) is 0. The number of hydrogen-bond donors (Lipinski definition) is 2. The van der Waals surface area contributed by atoms with E-state index in [9.17, 15) is 0 Å². The van der Waals surface area contributed by atoms with Crippen LogP contribution < -0.4 is 11.5 Å². The zero-order valence-electron chi connectivity index (χ0n) is 9.85. The molecule has 2 aromatic rings. The normalized spacial score (nSPS) is 11.5. The summed E-state index contributed by atoms with van der Waals surface area (Å²) in [6.45, 7) is 2.04. The standard InChI is InChI=1S/C15H16N2/c1-11(10-12-6-3-2-4-7-12)13-8-5-9-14(16)15(13)17/h2-10H,16-17H2,1H3. The molecule has 0 aliphatic rings. The summed E-state index contributed by atoms with van der Waals surface area (Å²) < 4.78 is 0. The molecule has 4 N–H and O–H groups in total. The Labute approximate surface area is 102 Å². The molecule has 0 aliphatic heterocycles. The van der Waals surface area contributed by atoms with Gasteiger partial charge in [0.2, 0.25) is 0 Å². The van der Waals surface area contributed by atoms with Crippen molar-refractivity contribution in [3.05, 3.63) is 59.7 Å². The Kier molecular flexibility index (Phi) is 3.15. The van der Waals surface area contributed by atoms with E-state index in [0.717, 1.165) is 16.7 Å². The Bertz CT molecular complexity index is 542. The van der Waals surface area contributed by atoms with Gasteiger partial charge in [0.15, 0.2) is 0 Å². The molecule has 0 aliphatic carbocycles. The second-order valence-electron chi connectivity index (χ2n) is 4.05. The Morgan fingerprint density at radius 2 is 1.65 bits per heavy atom. The molecule has 17 heavy (non-hydrogen) atoms. The van der Waals surface area contributed by atoms with Crippen LogP contribution in [0.15, 0.2) is 48.5 Å². The fraction of sp³-hybridized carbons (Fsp3) is 0.0667. The van der Waals surface area contributed by atoms with E-state index in [1.165, 1.54) is 0 Å². The van der Waals surface area contributed by atoms with Gasteiger partial charge in [-0.2, -0.15) is 0 Å². The van der Waals surface area contributed by atoms with Gasteiger partial charge in [0.1, 0.15) is 0 Å². The summed E-state index contributed by atoms with van der Waals surface area (Å²) in [7, 11) is 0. The van der Waals surface area contributed by atoms with E-state index in [2.05, 4.69) is 18.2 Å². The minimum atomic E-state index is 0.628. The molecule has 0 aromatic heterocycles. The summed E-state index contributed by atoms with van der Waals surface area (Å²) in [6, 6.07) is 15.9. The van der Waals surface area contributed by atoms with Crippen LogP contribution in [0.5, 0.6) is 0 Å². The third-order valence-corrected chi connectivity index (χ3v) is 2.75. The first-order valence-electron chi connectivity index (χ1n) is 5.56. The summed E-state index contributed by atoms with van der Waals surface area (Å²) in [5, 5.41) is 0. The molecule has 0 unspecified atom stereocenters. The zero-order chi connectivity index (χ0) is 12.3. The minimum absolute atomic E-state index is 0.628. The molecule has 0 atom stereocenters. The largest absolute Gasteiger partial charge is 0.397 e. The zero-order valence-corrected chi connectivity index (χ0v) is 9.85. The number of para-hydroxylation sites is 1. The third kappa shape index (κ3) is 2.48. The molecular weight excluding hydrogens is 208 g/mol. The van der Waals surface area contributed by atoms with E-state index >= 15 is 0 Å². The maximum Gasteiger partial charge on any atom is 0.0624 e.